The van der Waals surface area contributed by atoms with Gasteiger partial charge in [0, 0.05) is 5.56 Å². The summed E-state index contributed by atoms with van der Waals surface area (Å²) >= 11 is 0. The van der Waals surface area contributed by atoms with Gasteiger partial charge in [-0.25, -0.2) is 9.18 Å². The Hall–Kier alpha value is -2.36. The summed E-state index contributed by atoms with van der Waals surface area (Å²) in [5, 5.41) is 11.7. The maximum Gasteiger partial charge on any atom is 0.405 e. The normalized spacial score (nSPS) is 18.5. The van der Waals surface area contributed by atoms with Crippen molar-refractivity contribution in [3.8, 4) is 11.1 Å². The van der Waals surface area contributed by atoms with Crippen LogP contribution in [0.25, 0.3) is 11.1 Å². The molecule has 1 aliphatic rings. The zero-order valence-electron chi connectivity index (χ0n) is 16.0. The van der Waals surface area contributed by atoms with Gasteiger partial charge < -0.3 is 10.4 Å². The zero-order valence-corrected chi connectivity index (χ0v) is 16.0. The predicted octanol–water partition coefficient (Wildman–Crippen LogP) is 5.68. The minimum Gasteiger partial charge on any atom is -0.465 e. The van der Waals surface area contributed by atoms with Gasteiger partial charge >= 0.3 is 6.09 Å². The van der Waals surface area contributed by atoms with Crippen LogP contribution >= 0.6 is 0 Å². The molecule has 0 aliphatic heterocycles. The van der Waals surface area contributed by atoms with E-state index in [9.17, 15) is 9.18 Å². The molecule has 1 atom stereocenters. The molecular formula is C22H26FNO2. The van der Waals surface area contributed by atoms with Crippen LogP contribution in [0.4, 0.5) is 9.18 Å². The van der Waals surface area contributed by atoms with Gasteiger partial charge in [-0.3, -0.25) is 0 Å². The van der Waals surface area contributed by atoms with Gasteiger partial charge in [0.2, 0.25) is 0 Å². The number of rotatable bonds is 2. The van der Waals surface area contributed by atoms with Crippen LogP contribution in [0.1, 0.15) is 57.4 Å². The average molecular weight is 355 g/mol. The van der Waals surface area contributed by atoms with Crippen molar-refractivity contribution in [2.45, 2.75) is 52.5 Å². The molecule has 4 heteroatoms. The van der Waals surface area contributed by atoms with E-state index in [1.165, 1.54) is 11.6 Å². The topological polar surface area (TPSA) is 49.3 Å². The van der Waals surface area contributed by atoms with E-state index < -0.39 is 12.1 Å². The molecule has 26 heavy (non-hydrogen) atoms. The Morgan fingerprint density at radius 2 is 1.81 bits per heavy atom. The molecule has 0 saturated carbocycles. The first-order chi connectivity index (χ1) is 12.0. The highest BCUT2D eigenvalue weighted by atomic mass is 19.1. The third kappa shape index (κ3) is 3.33. The van der Waals surface area contributed by atoms with Crippen molar-refractivity contribution in [1.82, 2.24) is 5.32 Å². The van der Waals surface area contributed by atoms with E-state index in [0.717, 1.165) is 16.7 Å². The van der Waals surface area contributed by atoms with Gasteiger partial charge in [-0.2, -0.15) is 0 Å². The zero-order chi connectivity index (χ0) is 19.3. The summed E-state index contributed by atoms with van der Waals surface area (Å²) in [6, 6.07) is 11.0. The van der Waals surface area contributed by atoms with Crippen LogP contribution in [0, 0.1) is 11.2 Å². The van der Waals surface area contributed by atoms with E-state index in [4.69, 9.17) is 5.11 Å². The quantitative estimate of drug-likeness (QED) is 0.728. The Balaban J connectivity index is 2.02. The first-order valence-corrected chi connectivity index (χ1v) is 8.92. The van der Waals surface area contributed by atoms with Crippen LogP contribution in [0.3, 0.4) is 0 Å². The molecule has 2 N–H and O–H groups in total. The summed E-state index contributed by atoms with van der Waals surface area (Å²) in [6.45, 7) is 10.5. The van der Waals surface area contributed by atoms with Crippen molar-refractivity contribution in [3.63, 3.8) is 0 Å². The lowest BCUT2D eigenvalue weighted by Gasteiger charge is -2.27. The summed E-state index contributed by atoms with van der Waals surface area (Å²) < 4.78 is 14.9. The van der Waals surface area contributed by atoms with Crippen LogP contribution in [0.5, 0.6) is 0 Å². The number of hydrogen-bond donors (Lipinski definition) is 2. The average Bonchev–Trinajstić information content (AvgIpc) is 2.76. The number of nitrogens with one attached hydrogen (secondary N) is 1. The summed E-state index contributed by atoms with van der Waals surface area (Å²) in [6.07, 6.45) is -0.376. The number of amides is 1. The van der Waals surface area contributed by atoms with E-state index in [-0.39, 0.29) is 16.6 Å². The molecule has 1 unspecified atom stereocenters. The molecule has 1 amide bonds. The van der Waals surface area contributed by atoms with E-state index in [1.807, 2.05) is 44.2 Å². The number of fused-ring (bicyclic) bond motifs is 1. The van der Waals surface area contributed by atoms with Crippen molar-refractivity contribution >= 4 is 6.09 Å². The number of carbonyl (C=O) groups is 1. The second kappa shape index (κ2) is 6.11. The summed E-state index contributed by atoms with van der Waals surface area (Å²) in [5.41, 5.74) is 4.11. The molecule has 2 aromatic rings. The minimum absolute atomic E-state index is 0.0504. The van der Waals surface area contributed by atoms with Crippen LogP contribution in [-0.4, -0.2) is 11.2 Å². The van der Waals surface area contributed by atoms with E-state index in [1.54, 1.807) is 0 Å². The third-order valence-corrected chi connectivity index (χ3v) is 5.30. The molecule has 0 aromatic heterocycles. The number of halogens is 1. The Bertz CT molecular complexity index is 848. The monoisotopic (exact) mass is 355 g/mol. The minimum atomic E-state index is -1.09. The van der Waals surface area contributed by atoms with Gasteiger partial charge in [0.25, 0.3) is 0 Å². The first-order valence-electron chi connectivity index (χ1n) is 8.92. The molecule has 0 radical (unpaired) electrons. The van der Waals surface area contributed by atoms with Gasteiger partial charge in [-0.05, 0) is 51.6 Å². The van der Waals surface area contributed by atoms with E-state index in [0.29, 0.717) is 12.0 Å². The maximum atomic E-state index is 14.9. The van der Waals surface area contributed by atoms with Crippen LogP contribution in [0.15, 0.2) is 36.4 Å². The molecule has 3 nitrogen and oxygen atoms in total. The molecule has 0 saturated heterocycles. The Labute approximate surface area is 154 Å². The van der Waals surface area contributed by atoms with E-state index >= 15 is 0 Å². The molecule has 3 rings (SSSR count). The Morgan fingerprint density at radius 3 is 2.35 bits per heavy atom. The van der Waals surface area contributed by atoms with Crippen molar-refractivity contribution in [2.24, 2.45) is 5.41 Å². The third-order valence-electron chi connectivity index (χ3n) is 5.30. The Kier molecular flexibility index (Phi) is 4.33. The van der Waals surface area contributed by atoms with Crippen LogP contribution in [0.2, 0.25) is 0 Å². The SMILES string of the molecule is CC(C)(C)c1ccc(-c2cc3c(cc2F)C(NC(=O)O)C(C)(C)C3)cc1. The summed E-state index contributed by atoms with van der Waals surface area (Å²) in [4.78, 5) is 11.1. The highest BCUT2D eigenvalue weighted by Crippen LogP contribution is 2.46. The molecular weight excluding hydrogens is 329 g/mol. The smallest absolute Gasteiger partial charge is 0.405 e. The molecule has 0 fully saturated rings. The predicted molar refractivity (Wildman–Crippen MR) is 102 cm³/mol. The lowest BCUT2D eigenvalue weighted by atomic mass is 9.85. The van der Waals surface area contributed by atoms with Crippen molar-refractivity contribution in [3.05, 3.63) is 58.9 Å². The van der Waals surface area contributed by atoms with Gasteiger partial charge in [-0.1, -0.05) is 58.9 Å². The molecule has 2 aromatic carbocycles. The van der Waals surface area contributed by atoms with Gasteiger partial charge in [0.15, 0.2) is 0 Å². The van der Waals surface area contributed by atoms with Crippen LogP contribution in [-0.2, 0) is 11.8 Å². The molecule has 0 heterocycles. The molecule has 1 aliphatic carbocycles. The Morgan fingerprint density at radius 1 is 1.19 bits per heavy atom. The lowest BCUT2D eigenvalue weighted by molar-refractivity contribution is 0.175. The van der Waals surface area contributed by atoms with Gasteiger partial charge in [0.05, 0.1) is 6.04 Å². The maximum absolute atomic E-state index is 14.9. The van der Waals surface area contributed by atoms with Crippen molar-refractivity contribution in [2.75, 3.05) is 0 Å². The fraction of sp³-hybridized carbons (Fsp3) is 0.409. The fourth-order valence-electron chi connectivity index (χ4n) is 3.84. The first kappa shape index (κ1) is 18.4. The van der Waals surface area contributed by atoms with Gasteiger partial charge in [0.1, 0.15) is 5.82 Å². The fourth-order valence-corrected chi connectivity index (χ4v) is 3.84. The standard InChI is InChI=1S/C22H26FNO2/c1-21(2,3)15-8-6-13(7-9-15)16-10-14-12-22(4,5)19(24-20(25)26)17(14)11-18(16)23/h6-11,19,24H,12H2,1-5H3,(H,25,26). The second-order valence-corrected chi connectivity index (χ2v) is 8.91. The van der Waals surface area contributed by atoms with Crippen molar-refractivity contribution in [1.29, 1.82) is 0 Å². The van der Waals surface area contributed by atoms with E-state index in [2.05, 4.69) is 26.1 Å². The number of benzene rings is 2. The number of carboxylic acid groups (broad SMARTS) is 1. The summed E-state index contributed by atoms with van der Waals surface area (Å²) in [5.74, 6) is -0.317. The van der Waals surface area contributed by atoms with Gasteiger partial charge in [-0.15, -0.1) is 0 Å². The second-order valence-electron chi connectivity index (χ2n) is 8.91. The summed E-state index contributed by atoms with van der Waals surface area (Å²) in [7, 11) is 0. The highest BCUT2D eigenvalue weighted by molar-refractivity contribution is 5.69. The molecule has 138 valence electrons. The highest BCUT2D eigenvalue weighted by Gasteiger charge is 2.40. The van der Waals surface area contributed by atoms with Crippen LogP contribution < -0.4 is 5.32 Å². The van der Waals surface area contributed by atoms with Crippen molar-refractivity contribution < 1.29 is 14.3 Å². The lowest BCUT2D eigenvalue weighted by Crippen LogP contribution is -2.34. The largest absolute Gasteiger partial charge is 0.465 e. The number of hydrogen-bond acceptors (Lipinski definition) is 1. The molecule has 0 bridgehead atoms. The molecule has 0 spiro atoms.